The van der Waals surface area contributed by atoms with Gasteiger partial charge in [0.25, 0.3) is 5.60 Å². The number of ketones is 2. The first-order chi connectivity index (χ1) is 20.2. The van der Waals surface area contributed by atoms with Gasteiger partial charge >= 0.3 is 5.97 Å². The molecule has 2 fully saturated rings. The van der Waals surface area contributed by atoms with Gasteiger partial charge in [-0.05, 0) is 49.9 Å². The van der Waals surface area contributed by atoms with Crippen LogP contribution >= 0.6 is 0 Å². The van der Waals surface area contributed by atoms with Crippen LogP contribution in [-0.4, -0.2) is 88.4 Å². The van der Waals surface area contributed by atoms with E-state index in [1.807, 2.05) is 0 Å². The van der Waals surface area contributed by atoms with E-state index in [4.69, 9.17) is 9.47 Å². The van der Waals surface area contributed by atoms with Crippen LogP contribution in [-0.2, 0) is 14.4 Å². The second-order valence-electron chi connectivity index (χ2n) is 11.3. The van der Waals surface area contributed by atoms with Crippen LogP contribution in [0.4, 0.5) is 0 Å². The SMILES string of the molecule is Cc1cc2c(c(O)c1-c1c(C)cc3c(c1O)C(O)=C1C(=O)CCC(O)C1(C(=O)O)O3)C(O)=C1C(=O)CCC(O)C1(CO)O2. The summed E-state index contributed by atoms with van der Waals surface area (Å²) in [5.41, 5.74) is -6.21. The lowest BCUT2D eigenvalue weighted by Gasteiger charge is -2.44. The Bertz CT molecular complexity index is 1730. The first-order valence-electron chi connectivity index (χ1n) is 13.5. The van der Waals surface area contributed by atoms with Crippen molar-refractivity contribution in [3.05, 3.63) is 45.5 Å². The second kappa shape index (κ2) is 9.20. The maximum Gasteiger partial charge on any atom is 0.355 e. The summed E-state index contributed by atoms with van der Waals surface area (Å²) in [6, 6.07) is 2.63. The zero-order valence-corrected chi connectivity index (χ0v) is 23.0. The molecule has 4 unspecified atom stereocenters. The molecule has 2 saturated carbocycles. The van der Waals surface area contributed by atoms with Crippen LogP contribution in [0.15, 0.2) is 23.3 Å². The molecule has 2 aliphatic carbocycles. The molecule has 4 atom stereocenters. The number of carbonyl (C=O) groups excluding carboxylic acids is 2. The molecular weight excluding hydrogens is 568 g/mol. The average Bonchev–Trinajstić information content (AvgIpc) is 2.93. The number of phenolic OH excluding ortho intramolecular Hbond substituents is 2. The van der Waals surface area contributed by atoms with Crippen LogP contribution in [0.3, 0.4) is 0 Å². The highest BCUT2D eigenvalue weighted by molar-refractivity contribution is 6.12. The van der Waals surface area contributed by atoms with Crippen molar-refractivity contribution in [3.8, 4) is 34.1 Å². The highest BCUT2D eigenvalue weighted by atomic mass is 16.5. The van der Waals surface area contributed by atoms with E-state index in [1.165, 1.54) is 26.0 Å². The lowest BCUT2D eigenvalue weighted by Crippen LogP contribution is -2.61. The number of aromatic hydroxyl groups is 2. The smallest absolute Gasteiger partial charge is 0.355 e. The lowest BCUT2D eigenvalue weighted by atomic mass is 9.73. The number of aliphatic hydroxyl groups is 5. The third-order valence-electron chi connectivity index (χ3n) is 8.89. The number of phenols is 2. The molecule has 2 aromatic rings. The number of carbonyl (C=O) groups is 3. The van der Waals surface area contributed by atoms with Gasteiger partial charge in [0.2, 0.25) is 0 Å². The van der Waals surface area contributed by atoms with Crippen molar-refractivity contribution >= 4 is 29.1 Å². The van der Waals surface area contributed by atoms with E-state index in [0.29, 0.717) is 0 Å². The molecule has 0 amide bonds. The minimum atomic E-state index is -2.61. The first-order valence-corrected chi connectivity index (χ1v) is 13.5. The van der Waals surface area contributed by atoms with Gasteiger partial charge in [0.1, 0.15) is 57.9 Å². The Balaban J connectivity index is 1.61. The van der Waals surface area contributed by atoms with Crippen LogP contribution < -0.4 is 9.47 Å². The van der Waals surface area contributed by atoms with Crippen molar-refractivity contribution in [2.45, 2.75) is 62.9 Å². The fourth-order valence-corrected chi connectivity index (χ4v) is 6.80. The molecule has 2 aromatic carbocycles. The number of rotatable bonds is 3. The number of benzene rings is 2. The van der Waals surface area contributed by atoms with E-state index >= 15 is 0 Å². The van der Waals surface area contributed by atoms with Crippen molar-refractivity contribution in [3.63, 3.8) is 0 Å². The number of Topliss-reactive ketones (excluding diaryl/α,β-unsaturated/α-hetero) is 2. The summed E-state index contributed by atoms with van der Waals surface area (Å²) < 4.78 is 11.6. The molecular formula is C30H28O13. The van der Waals surface area contributed by atoms with E-state index in [0.717, 1.165) is 0 Å². The van der Waals surface area contributed by atoms with Gasteiger partial charge in [-0.2, -0.15) is 0 Å². The molecule has 0 bridgehead atoms. The summed E-state index contributed by atoms with van der Waals surface area (Å²) in [5, 5.41) is 87.1. The fourth-order valence-electron chi connectivity index (χ4n) is 6.80. The summed E-state index contributed by atoms with van der Waals surface area (Å²) in [4.78, 5) is 38.1. The number of fused-ring (bicyclic) bond motifs is 4. The van der Waals surface area contributed by atoms with Crippen LogP contribution in [0.1, 0.15) is 47.9 Å². The van der Waals surface area contributed by atoms with Crippen molar-refractivity contribution in [2.24, 2.45) is 0 Å². The van der Waals surface area contributed by atoms with Gasteiger partial charge in [-0.1, -0.05) is 0 Å². The molecule has 2 heterocycles. The maximum absolute atomic E-state index is 12.9. The molecule has 2 aliphatic heterocycles. The molecule has 0 radical (unpaired) electrons. The van der Waals surface area contributed by atoms with Crippen LogP contribution in [0.2, 0.25) is 0 Å². The molecule has 226 valence electrons. The topological polar surface area (TPSA) is 232 Å². The second-order valence-corrected chi connectivity index (χ2v) is 11.3. The van der Waals surface area contributed by atoms with E-state index < -0.39 is 87.3 Å². The number of aliphatic carboxylic acids is 1. The lowest BCUT2D eigenvalue weighted by molar-refractivity contribution is -0.166. The van der Waals surface area contributed by atoms with Gasteiger partial charge in [-0.15, -0.1) is 0 Å². The van der Waals surface area contributed by atoms with Crippen molar-refractivity contribution < 1.29 is 64.7 Å². The van der Waals surface area contributed by atoms with E-state index in [1.54, 1.807) is 0 Å². The fraction of sp³-hybridized carbons (Fsp3) is 0.367. The summed E-state index contributed by atoms with van der Waals surface area (Å²) in [6.45, 7) is 2.16. The number of aryl methyl sites for hydroxylation is 2. The van der Waals surface area contributed by atoms with Crippen LogP contribution in [0, 0.1) is 13.8 Å². The van der Waals surface area contributed by atoms with Gasteiger partial charge in [0.15, 0.2) is 17.2 Å². The Morgan fingerprint density at radius 3 is 1.77 bits per heavy atom. The zero-order chi connectivity index (χ0) is 31.3. The highest BCUT2D eigenvalue weighted by Gasteiger charge is 2.61. The quantitative estimate of drug-likeness (QED) is 0.252. The Kier molecular flexibility index (Phi) is 6.11. The van der Waals surface area contributed by atoms with Gasteiger partial charge < -0.3 is 50.3 Å². The number of ether oxygens (including phenoxy) is 2. The zero-order valence-electron chi connectivity index (χ0n) is 23.0. The van der Waals surface area contributed by atoms with Crippen molar-refractivity contribution in [1.82, 2.24) is 0 Å². The minimum Gasteiger partial charge on any atom is -0.506 e. The molecule has 0 spiro atoms. The summed E-state index contributed by atoms with van der Waals surface area (Å²) in [5.74, 6) is -6.60. The van der Waals surface area contributed by atoms with Crippen LogP contribution in [0.5, 0.6) is 23.0 Å². The van der Waals surface area contributed by atoms with Gasteiger partial charge in [-0.25, -0.2) is 4.79 Å². The molecule has 4 aliphatic rings. The third kappa shape index (κ3) is 3.46. The largest absolute Gasteiger partial charge is 0.506 e. The first kappa shape index (κ1) is 28.5. The molecule has 8 N–H and O–H groups in total. The average molecular weight is 597 g/mol. The summed E-state index contributed by atoms with van der Waals surface area (Å²) in [6.07, 6.45) is -3.73. The van der Waals surface area contributed by atoms with Gasteiger partial charge in [0.05, 0.1) is 17.8 Å². The number of hydrogen-bond acceptors (Lipinski definition) is 12. The van der Waals surface area contributed by atoms with E-state index in [9.17, 15) is 55.2 Å². The number of aliphatic hydroxyl groups excluding tert-OH is 5. The molecule has 43 heavy (non-hydrogen) atoms. The number of hydrogen-bond donors (Lipinski definition) is 8. The molecule has 6 rings (SSSR count). The molecule has 0 saturated heterocycles. The van der Waals surface area contributed by atoms with Gasteiger partial charge in [0, 0.05) is 24.0 Å². The minimum absolute atomic E-state index is 0.0273. The summed E-state index contributed by atoms with van der Waals surface area (Å²) in [7, 11) is 0. The normalized spacial score (nSPS) is 27.9. The maximum atomic E-state index is 12.9. The van der Waals surface area contributed by atoms with Crippen molar-refractivity contribution in [1.29, 1.82) is 0 Å². The predicted octanol–water partition coefficient (Wildman–Crippen LogP) is 1.71. The van der Waals surface area contributed by atoms with E-state index in [2.05, 4.69) is 0 Å². The highest BCUT2D eigenvalue weighted by Crippen LogP contribution is 2.56. The predicted molar refractivity (Wildman–Crippen MR) is 146 cm³/mol. The standard InChI is InChI=1S/C30H28O13/c1-10-7-14-20(26(38)22-12(32)3-5-16(34)29(22,9-31)42-14)24(36)18(10)19-11(2)8-15-21(25(19)37)27(39)23-13(33)4-6-17(35)30(23,43-15)28(40)41/h7-8,16-17,31,34-39H,3-6,9H2,1-2H3,(H,40,41). The number of carboxylic acids is 1. The Morgan fingerprint density at radius 1 is 0.791 bits per heavy atom. The molecule has 13 heteroatoms. The van der Waals surface area contributed by atoms with E-state index in [-0.39, 0.29) is 65.0 Å². The number of carboxylic acid groups (broad SMARTS) is 1. The molecule has 0 aromatic heterocycles. The summed E-state index contributed by atoms with van der Waals surface area (Å²) >= 11 is 0. The Labute approximate surface area is 243 Å². The Morgan fingerprint density at radius 2 is 1.26 bits per heavy atom. The van der Waals surface area contributed by atoms with Gasteiger partial charge in [-0.3, -0.25) is 9.59 Å². The molecule has 13 nitrogen and oxygen atoms in total. The Hall–Kier alpha value is -4.59. The third-order valence-corrected chi connectivity index (χ3v) is 8.89. The van der Waals surface area contributed by atoms with Crippen LogP contribution in [0.25, 0.3) is 22.6 Å². The monoisotopic (exact) mass is 596 g/mol. The van der Waals surface area contributed by atoms with Crippen molar-refractivity contribution in [2.75, 3.05) is 6.61 Å².